The van der Waals surface area contributed by atoms with Crippen LogP contribution in [-0.2, 0) is 5.75 Å². The molecule has 2 rings (SSSR count). The fourth-order valence-corrected chi connectivity index (χ4v) is 2.14. The number of nitrogens with zero attached hydrogens (tertiary/aromatic N) is 2. The number of hydrogen-bond acceptors (Lipinski definition) is 5. The first-order valence-corrected chi connectivity index (χ1v) is 6.91. The summed E-state index contributed by atoms with van der Waals surface area (Å²) in [6, 6.07) is 9.99. The van der Waals surface area contributed by atoms with Gasteiger partial charge < -0.3 is 10.2 Å². The summed E-state index contributed by atoms with van der Waals surface area (Å²) >= 11 is 1.53. The largest absolute Gasteiger partial charge is 0.414 e. The van der Waals surface area contributed by atoms with E-state index in [2.05, 4.69) is 22.3 Å². The van der Waals surface area contributed by atoms with E-state index >= 15 is 0 Å². The second kappa shape index (κ2) is 7.53. The molecular formula is C13H18ClN3OS. The Morgan fingerprint density at radius 3 is 2.53 bits per heavy atom. The van der Waals surface area contributed by atoms with Crippen LogP contribution in [0.1, 0.15) is 31.3 Å². The number of halogens is 1. The van der Waals surface area contributed by atoms with Gasteiger partial charge in [-0.05, 0) is 11.5 Å². The van der Waals surface area contributed by atoms with Gasteiger partial charge in [-0.3, -0.25) is 0 Å². The molecule has 1 aromatic carbocycles. The van der Waals surface area contributed by atoms with Crippen LogP contribution in [0.3, 0.4) is 0 Å². The third-order valence-electron chi connectivity index (χ3n) is 2.63. The predicted molar refractivity (Wildman–Crippen MR) is 79.3 cm³/mol. The van der Waals surface area contributed by atoms with E-state index in [9.17, 15) is 0 Å². The molecule has 0 radical (unpaired) electrons. The van der Waals surface area contributed by atoms with Gasteiger partial charge in [0, 0.05) is 5.75 Å². The predicted octanol–water partition coefficient (Wildman–Crippen LogP) is 3.44. The van der Waals surface area contributed by atoms with E-state index in [1.54, 1.807) is 0 Å². The summed E-state index contributed by atoms with van der Waals surface area (Å²) in [5.74, 6) is 1.62. The molecule has 1 aromatic heterocycles. The smallest absolute Gasteiger partial charge is 0.276 e. The van der Waals surface area contributed by atoms with Gasteiger partial charge in [0.15, 0.2) is 0 Å². The SMILES string of the molecule is CC(C)C(N)c1nnc(SCc2ccccc2)o1.Cl. The zero-order valence-electron chi connectivity index (χ0n) is 10.9. The molecule has 2 N–H and O–H groups in total. The summed E-state index contributed by atoms with van der Waals surface area (Å²) in [4.78, 5) is 0. The van der Waals surface area contributed by atoms with E-state index in [0.717, 1.165) is 5.75 Å². The lowest BCUT2D eigenvalue weighted by Gasteiger charge is -2.09. The van der Waals surface area contributed by atoms with Gasteiger partial charge in [0.2, 0.25) is 5.89 Å². The van der Waals surface area contributed by atoms with Crippen LogP contribution in [0, 0.1) is 5.92 Å². The molecule has 1 atom stereocenters. The molecule has 0 saturated carbocycles. The maximum atomic E-state index is 5.95. The summed E-state index contributed by atoms with van der Waals surface area (Å²) < 4.78 is 5.54. The van der Waals surface area contributed by atoms with Crippen molar-refractivity contribution in [3.63, 3.8) is 0 Å². The lowest BCUT2D eigenvalue weighted by Crippen LogP contribution is -2.16. The van der Waals surface area contributed by atoms with Crippen molar-refractivity contribution in [1.29, 1.82) is 0 Å². The molecule has 0 aliphatic rings. The third kappa shape index (κ3) is 4.53. The van der Waals surface area contributed by atoms with Crippen molar-refractivity contribution < 1.29 is 4.42 Å². The lowest BCUT2D eigenvalue weighted by molar-refractivity contribution is 0.349. The summed E-state index contributed by atoms with van der Waals surface area (Å²) in [7, 11) is 0. The van der Waals surface area contributed by atoms with Gasteiger partial charge in [-0.2, -0.15) is 0 Å². The minimum absolute atomic E-state index is 0. The van der Waals surface area contributed by atoms with Crippen LogP contribution >= 0.6 is 24.2 Å². The van der Waals surface area contributed by atoms with Crippen molar-refractivity contribution in [3.8, 4) is 0 Å². The van der Waals surface area contributed by atoms with Crippen LogP contribution in [0.2, 0.25) is 0 Å². The lowest BCUT2D eigenvalue weighted by atomic mass is 10.1. The Morgan fingerprint density at radius 1 is 1.21 bits per heavy atom. The van der Waals surface area contributed by atoms with Gasteiger partial charge >= 0.3 is 0 Å². The van der Waals surface area contributed by atoms with Gasteiger partial charge in [-0.25, -0.2) is 0 Å². The van der Waals surface area contributed by atoms with Crippen LogP contribution in [-0.4, -0.2) is 10.2 Å². The van der Waals surface area contributed by atoms with Crippen molar-refractivity contribution in [2.24, 2.45) is 11.7 Å². The van der Waals surface area contributed by atoms with E-state index in [1.807, 2.05) is 32.0 Å². The molecule has 0 bridgehead atoms. The third-order valence-corrected chi connectivity index (χ3v) is 3.52. The minimum atomic E-state index is -0.191. The van der Waals surface area contributed by atoms with Gasteiger partial charge in [0.1, 0.15) is 0 Å². The van der Waals surface area contributed by atoms with E-state index < -0.39 is 0 Å². The standard InChI is InChI=1S/C13H17N3OS.ClH/c1-9(2)11(14)12-15-16-13(17-12)18-8-10-6-4-3-5-7-10;/h3-7,9,11H,8,14H2,1-2H3;1H. The number of hydrogen-bond donors (Lipinski definition) is 1. The molecule has 6 heteroatoms. The first kappa shape index (κ1) is 16.0. The first-order valence-electron chi connectivity index (χ1n) is 5.92. The highest BCUT2D eigenvalue weighted by atomic mass is 35.5. The molecule has 0 aliphatic carbocycles. The van der Waals surface area contributed by atoms with E-state index in [1.165, 1.54) is 17.3 Å². The molecule has 0 saturated heterocycles. The zero-order valence-corrected chi connectivity index (χ0v) is 12.6. The van der Waals surface area contributed by atoms with Crippen molar-refractivity contribution in [1.82, 2.24) is 10.2 Å². The van der Waals surface area contributed by atoms with Crippen LogP contribution in [0.15, 0.2) is 40.0 Å². The fraction of sp³-hybridized carbons (Fsp3) is 0.385. The van der Waals surface area contributed by atoms with Crippen molar-refractivity contribution in [2.75, 3.05) is 0 Å². The number of aromatic nitrogens is 2. The van der Waals surface area contributed by atoms with Crippen LogP contribution in [0.25, 0.3) is 0 Å². The number of benzene rings is 1. The Kier molecular flexibility index (Phi) is 6.34. The molecular weight excluding hydrogens is 282 g/mol. The highest BCUT2D eigenvalue weighted by molar-refractivity contribution is 7.98. The monoisotopic (exact) mass is 299 g/mol. The van der Waals surface area contributed by atoms with E-state index in [0.29, 0.717) is 11.1 Å². The average molecular weight is 300 g/mol. The van der Waals surface area contributed by atoms with Gasteiger partial charge in [0.05, 0.1) is 6.04 Å². The van der Waals surface area contributed by atoms with Gasteiger partial charge in [0.25, 0.3) is 5.22 Å². The molecule has 0 fully saturated rings. The second-order valence-corrected chi connectivity index (χ2v) is 5.38. The second-order valence-electron chi connectivity index (χ2n) is 4.45. The van der Waals surface area contributed by atoms with Crippen LogP contribution in [0.5, 0.6) is 0 Å². The average Bonchev–Trinajstić information content (AvgIpc) is 2.85. The van der Waals surface area contributed by atoms with Crippen molar-refractivity contribution in [2.45, 2.75) is 30.9 Å². The Hall–Kier alpha value is -1.04. The Morgan fingerprint density at radius 2 is 1.89 bits per heavy atom. The highest BCUT2D eigenvalue weighted by Gasteiger charge is 2.17. The molecule has 0 spiro atoms. The minimum Gasteiger partial charge on any atom is -0.414 e. The molecule has 1 heterocycles. The Bertz CT molecular complexity index is 490. The summed E-state index contributed by atoms with van der Waals surface area (Å²) in [5.41, 5.74) is 7.18. The molecule has 4 nitrogen and oxygen atoms in total. The maximum absolute atomic E-state index is 5.95. The maximum Gasteiger partial charge on any atom is 0.276 e. The normalized spacial score (nSPS) is 12.2. The zero-order chi connectivity index (χ0) is 13.0. The van der Waals surface area contributed by atoms with Gasteiger partial charge in [-0.15, -0.1) is 22.6 Å². The van der Waals surface area contributed by atoms with Crippen molar-refractivity contribution in [3.05, 3.63) is 41.8 Å². The van der Waals surface area contributed by atoms with Crippen molar-refractivity contribution >= 4 is 24.2 Å². The molecule has 104 valence electrons. The fourth-order valence-electron chi connectivity index (χ4n) is 1.42. The molecule has 0 aliphatic heterocycles. The van der Waals surface area contributed by atoms with E-state index in [-0.39, 0.29) is 24.4 Å². The van der Waals surface area contributed by atoms with Crippen LogP contribution in [0.4, 0.5) is 0 Å². The summed E-state index contributed by atoms with van der Waals surface area (Å²) in [6.45, 7) is 4.07. The molecule has 0 amide bonds. The number of rotatable bonds is 5. The molecule has 1 unspecified atom stereocenters. The number of nitrogens with two attached hydrogens (primary N) is 1. The highest BCUT2D eigenvalue weighted by Crippen LogP contribution is 2.24. The van der Waals surface area contributed by atoms with Crippen LogP contribution < -0.4 is 5.73 Å². The summed E-state index contributed by atoms with van der Waals surface area (Å²) in [6.07, 6.45) is 0. The first-order chi connectivity index (χ1) is 8.66. The Balaban J connectivity index is 0.00000180. The summed E-state index contributed by atoms with van der Waals surface area (Å²) in [5, 5.41) is 8.56. The molecule has 2 aromatic rings. The Labute approximate surface area is 123 Å². The quantitative estimate of drug-likeness (QED) is 0.857. The number of thioether (sulfide) groups is 1. The molecule has 19 heavy (non-hydrogen) atoms. The van der Waals surface area contributed by atoms with Gasteiger partial charge in [-0.1, -0.05) is 55.9 Å². The van der Waals surface area contributed by atoms with E-state index in [4.69, 9.17) is 10.2 Å². The topological polar surface area (TPSA) is 64.9 Å².